The van der Waals surface area contributed by atoms with Crippen LogP contribution in [0, 0.1) is 17.8 Å². The van der Waals surface area contributed by atoms with E-state index in [1.54, 1.807) is 0 Å². The Hall–Kier alpha value is -1.81. The molecule has 1 saturated carbocycles. The van der Waals surface area contributed by atoms with E-state index in [2.05, 4.69) is 16.7 Å². The Morgan fingerprint density at radius 2 is 1.96 bits per heavy atom. The molecule has 1 unspecified atom stereocenters. The van der Waals surface area contributed by atoms with Crippen molar-refractivity contribution in [1.29, 1.82) is 0 Å². The molecule has 1 aliphatic heterocycles. The number of aromatic nitrogens is 1. The first-order valence-electron chi connectivity index (χ1n) is 10.5. The summed E-state index contributed by atoms with van der Waals surface area (Å²) in [5.41, 5.74) is 5.01. The zero-order valence-electron chi connectivity index (χ0n) is 16.2. The summed E-state index contributed by atoms with van der Waals surface area (Å²) >= 11 is 0. The molecule has 0 radical (unpaired) electrons. The Morgan fingerprint density at radius 3 is 2.70 bits per heavy atom. The van der Waals surface area contributed by atoms with Crippen molar-refractivity contribution in [3.8, 4) is 0 Å². The molecule has 144 valence electrons. The maximum atomic E-state index is 12.1. The lowest BCUT2D eigenvalue weighted by Crippen LogP contribution is -2.28. The molecule has 1 aromatic heterocycles. The van der Waals surface area contributed by atoms with Gasteiger partial charge in [0, 0.05) is 36.4 Å². The Kier molecular flexibility index (Phi) is 4.47. The zero-order chi connectivity index (χ0) is 18.4. The number of esters is 1. The molecule has 3 aliphatic rings. The van der Waals surface area contributed by atoms with Crippen LogP contribution in [0.2, 0.25) is 0 Å². The summed E-state index contributed by atoms with van der Waals surface area (Å²) in [4.78, 5) is 12.1. The second kappa shape index (κ2) is 6.97. The van der Waals surface area contributed by atoms with Gasteiger partial charge in [-0.05, 0) is 86.5 Å². The van der Waals surface area contributed by atoms with Gasteiger partial charge in [-0.2, -0.15) is 0 Å². The van der Waals surface area contributed by atoms with E-state index in [0.717, 1.165) is 43.9 Å². The number of hydrogen-bond acceptors (Lipinski definition) is 3. The van der Waals surface area contributed by atoms with Crippen molar-refractivity contribution in [2.75, 3.05) is 20.3 Å². The normalized spacial score (nSPS) is 23.4. The number of benzene rings is 1. The fourth-order valence-electron chi connectivity index (χ4n) is 5.28. The quantitative estimate of drug-likeness (QED) is 0.754. The highest BCUT2D eigenvalue weighted by molar-refractivity contribution is 5.96. The molecule has 2 heterocycles. The van der Waals surface area contributed by atoms with Gasteiger partial charge in [-0.1, -0.05) is 0 Å². The van der Waals surface area contributed by atoms with Gasteiger partial charge >= 0.3 is 5.97 Å². The minimum Gasteiger partial charge on any atom is -0.465 e. The second-order valence-electron chi connectivity index (χ2n) is 8.66. The molecule has 0 amide bonds. The van der Waals surface area contributed by atoms with Crippen LogP contribution in [0.5, 0.6) is 0 Å². The molecule has 0 spiro atoms. The maximum absolute atomic E-state index is 12.1. The first-order chi connectivity index (χ1) is 13.2. The number of carbonyl (C=O) groups is 1. The fraction of sp³-hybridized carbons (Fsp3) is 0.609. The third-order valence-corrected chi connectivity index (χ3v) is 7.00. The summed E-state index contributed by atoms with van der Waals surface area (Å²) < 4.78 is 13.1. The van der Waals surface area contributed by atoms with Gasteiger partial charge in [0.05, 0.1) is 12.7 Å². The smallest absolute Gasteiger partial charge is 0.337 e. The van der Waals surface area contributed by atoms with Gasteiger partial charge < -0.3 is 14.0 Å². The van der Waals surface area contributed by atoms with Crippen molar-refractivity contribution in [2.45, 2.75) is 51.5 Å². The standard InChI is InChI=1S/C23H29NO3/c1-26-23(25)18-5-7-22-20(13-18)19-12-17(16-8-10-27-11-9-16)4-6-21(19)24(22)14-15-2-3-15/h5,7,13,15-17H,2-4,6,8-12,14H2,1H3. The average molecular weight is 367 g/mol. The molecule has 5 rings (SSSR count). The lowest BCUT2D eigenvalue weighted by molar-refractivity contribution is 0.0438. The minimum absolute atomic E-state index is 0.239. The summed E-state index contributed by atoms with van der Waals surface area (Å²) in [6.07, 6.45) is 8.74. The topological polar surface area (TPSA) is 40.5 Å². The van der Waals surface area contributed by atoms with E-state index in [4.69, 9.17) is 9.47 Å². The van der Waals surface area contributed by atoms with Crippen molar-refractivity contribution < 1.29 is 14.3 Å². The number of nitrogens with zero attached hydrogens (tertiary/aromatic N) is 1. The Balaban J connectivity index is 1.55. The molecule has 0 N–H and O–H groups in total. The van der Waals surface area contributed by atoms with Crippen molar-refractivity contribution in [2.24, 2.45) is 17.8 Å². The first kappa shape index (κ1) is 17.3. The molecular weight excluding hydrogens is 338 g/mol. The van der Waals surface area contributed by atoms with E-state index < -0.39 is 0 Å². The summed E-state index contributed by atoms with van der Waals surface area (Å²) in [6, 6.07) is 6.15. The molecule has 0 bridgehead atoms. The average Bonchev–Trinajstić information content (AvgIpc) is 3.50. The predicted octanol–water partition coefficient (Wildman–Crippen LogP) is 4.37. The molecule has 2 fully saturated rings. The molecular formula is C23H29NO3. The molecule has 2 aliphatic carbocycles. The molecule has 2 aromatic rings. The van der Waals surface area contributed by atoms with E-state index >= 15 is 0 Å². The lowest BCUT2D eigenvalue weighted by Gasteiger charge is -2.33. The van der Waals surface area contributed by atoms with Crippen LogP contribution in [0.15, 0.2) is 18.2 Å². The molecule has 1 aromatic carbocycles. The summed E-state index contributed by atoms with van der Waals surface area (Å²) in [5, 5.41) is 1.28. The van der Waals surface area contributed by atoms with E-state index in [1.165, 1.54) is 67.8 Å². The second-order valence-corrected chi connectivity index (χ2v) is 8.66. The number of rotatable bonds is 4. The number of ether oxygens (including phenoxy) is 2. The van der Waals surface area contributed by atoms with Crippen molar-refractivity contribution in [3.63, 3.8) is 0 Å². The van der Waals surface area contributed by atoms with Crippen LogP contribution in [0.1, 0.15) is 53.7 Å². The summed E-state index contributed by atoms with van der Waals surface area (Å²) in [5.74, 6) is 2.15. The summed E-state index contributed by atoms with van der Waals surface area (Å²) in [7, 11) is 1.46. The zero-order valence-corrected chi connectivity index (χ0v) is 16.2. The van der Waals surface area contributed by atoms with Crippen molar-refractivity contribution >= 4 is 16.9 Å². The SMILES string of the molecule is COC(=O)c1ccc2c(c1)c1c(n2CC2CC2)CCC(C2CCOCC2)C1. The van der Waals surface area contributed by atoms with E-state index in [-0.39, 0.29) is 5.97 Å². The highest BCUT2D eigenvalue weighted by Gasteiger charge is 2.32. The van der Waals surface area contributed by atoms with Gasteiger partial charge in [0.1, 0.15) is 0 Å². The Morgan fingerprint density at radius 1 is 1.15 bits per heavy atom. The van der Waals surface area contributed by atoms with E-state index in [1.807, 2.05) is 6.07 Å². The molecule has 4 heteroatoms. The van der Waals surface area contributed by atoms with Crippen LogP contribution in [-0.2, 0) is 28.9 Å². The molecule has 4 nitrogen and oxygen atoms in total. The van der Waals surface area contributed by atoms with Crippen LogP contribution in [-0.4, -0.2) is 30.9 Å². The third kappa shape index (κ3) is 3.18. The van der Waals surface area contributed by atoms with Crippen LogP contribution >= 0.6 is 0 Å². The predicted molar refractivity (Wildman–Crippen MR) is 105 cm³/mol. The monoisotopic (exact) mass is 367 g/mol. The van der Waals surface area contributed by atoms with Crippen LogP contribution in [0.4, 0.5) is 0 Å². The van der Waals surface area contributed by atoms with Crippen LogP contribution < -0.4 is 0 Å². The Labute approximate surface area is 160 Å². The number of hydrogen-bond donors (Lipinski definition) is 0. The van der Waals surface area contributed by atoms with Gasteiger partial charge in [0.15, 0.2) is 0 Å². The van der Waals surface area contributed by atoms with Gasteiger partial charge in [-0.25, -0.2) is 4.79 Å². The summed E-state index contributed by atoms with van der Waals surface area (Å²) in [6.45, 7) is 2.99. The largest absolute Gasteiger partial charge is 0.465 e. The van der Waals surface area contributed by atoms with Gasteiger partial charge in [-0.15, -0.1) is 0 Å². The van der Waals surface area contributed by atoms with Crippen LogP contribution in [0.25, 0.3) is 10.9 Å². The van der Waals surface area contributed by atoms with Gasteiger partial charge in [-0.3, -0.25) is 0 Å². The number of methoxy groups -OCH3 is 1. The fourth-order valence-corrected chi connectivity index (χ4v) is 5.28. The van der Waals surface area contributed by atoms with Crippen molar-refractivity contribution in [3.05, 3.63) is 35.0 Å². The van der Waals surface area contributed by atoms with Gasteiger partial charge in [0.2, 0.25) is 0 Å². The maximum Gasteiger partial charge on any atom is 0.337 e. The highest BCUT2D eigenvalue weighted by Crippen LogP contribution is 2.41. The molecule has 27 heavy (non-hydrogen) atoms. The van der Waals surface area contributed by atoms with E-state index in [9.17, 15) is 4.79 Å². The third-order valence-electron chi connectivity index (χ3n) is 7.00. The number of fused-ring (bicyclic) bond motifs is 3. The number of carbonyl (C=O) groups excluding carboxylic acids is 1. The minimum atomic E-state index is -0.239. The van der Waals surface area contributed by atoms with Crippen LogP contribution in [0.3, 0.4) is 0 Å². The highest BCUT2D eigenvalue weighted by atomic mass is 16.5. The van der Waals surface area contributed by atoms with E-state index in [0.29, 0.717) is 5.56 Å². The van der Waals surface area contributed by atoms with Crippen molar-refractivity contribution in [1.82, 2.24) is 4.57 Å². The first-order valence-corrected chi connectivity index (χ1v) is 10.5. The lowest BCUT2D eigenvalue weighted by atomic mass is 9.75. The molecule has 1 saturated heterocycles. The van der Waals surface area contributed by atoms with Gasteiger partial charge in [0.25, 0.3) is 0 Å². The Bertz CT molecular complexity index is 858. The molecule has 1 atom stereocenters.